The molecule has 20 nitrogen and oxygen atoms in total. The Bertz CT molecular complexity index is 4950. The SMILES string of the molecule is C[C@H](NC(=O)OCC1c2ccccc2-c2ccccc21)C(=O)N[C@@H](C)C(=O)Nc1cccc(Cc2ccc([C@@H](O)O[C@@H]3C[C@H]4[C@@H]5C[C@H](F)C6=CC(=O)C=C[C@]6(C)[C@@]5(F)[C@@H](O)C[C@]4(C)[C@H]3C(=O)CO)cc2)c1.C[C@]12C=CC(=O)C=C1[C@@H](F)C[C@H]1[C@@H]3C[C@H]4O[C@@H](c5ccc(Cc6cccc(N)c6)cc5)O[C@@]4(C(=O)CO)[C@@]3(C)C[C@H](O)[C@@]12F. The van der Waals surface area contributed by atoms with E-state index in [1.807, 2.05) is 103 Å². The maximum absolute atomic E-state index is 17.7. The van der Waals surface area contributed by atoms with Gasteiger partial charge >= 0.3 is 6.09 Å². The fraction of sp³-hybridized carbons (Fsp3) is 0.440. The molecule has 0 unspecified atom stereocenters. The van der Waals surface area contributed by atoms with Crippen molar-refractivity contribution in [2.24, 2.45) is 51.2 Å². The molecule has 16 rings (SSSR count). The number of ketones is 4. The van der Waals surface area contributed by atoms with E-state index in [1.165, 1.54) is 52.0 Å². The molecule has 6 aromatic carbocycles. The summed E-state index contributed by atoms with van der Waals surface area (Å²) in [5.41, 5.74) is 4.55. The van der Waals surface area contributed by atoms with E-state index < -0.39 is 184 Å². The number of nitrogen functional groups attached to an aromatic ring is 1. The first-order valence-electron chi connectivity index (χ1n) is 39.4. The van der Waals surface area contributed by atoms with Crippen LogP contribution < -0.4 is 21.7 Å². The Hall–Kier alpha value is -9.63. The van der Waals surface area contributed by atoms with E-state index in [1.54, 1.807) is 56.3 Å². The number of aliphatic hydroxyl groups is 5. The molecule has 1 saturated heterocycles. The summed E-state index contributed by atoms with van der Waals surface area (Å²) in [4.78, 5) is 90.6. The van der Waals surface area contributed by atoms with Crippen molar-refractivity contribution in [3.8, 4) is 11.1 Å². The smallest absolute Gasteiger partial charge is 0.407 e. The fourth-order valence-electron chi connectivity index (χ4n) is 22.0. The topological polar surface area (TPSA) is 320 Å². The number of nitrogens with one attached hydrogen (secondary N) is 3. The van der Waals surface area contributed by atoms with Crippen molar-refractivity contribution in [3.63, 3.8) is 0 Å². The van der Waals surface area contributed by atoms with Gasteiger partial charge in [0, 0.05) is 56.5 Å². The molecule has 0 radical (unpaired) electrons. The summed E-state index contributed by atoms with van der Waals surface area (Å²) in [6.07, 6.45) is -3.63. The van der Waals surface area contributed by atoms with Crippen LogP contribution in [0.4, 0.5) is 33.7 Å². The Kier molecular flexibility index (Phi) is 21.3. The van der Waals surface area contributed by atoms with Crippen LogP contribution in [0.15, 0.2) is 193 Å². The zero-order chi connectivity index (χ0) is 81.8. The van der Waals surface area contributed by atoms with Crippen molar-refractivity contribution in [3.05, 3.63) is 238 Å². The van der Waals surface area contributed by atoms with Crippen LogP contribution in [0, 0.1) is 51.2 Å². The molecular weight excluding hydrogens is 1480 g/mol. The fourth-order valence-corrected chi connectivity index (χ4v) is 22.0. The van der Waals surface area contributed by atoms with E-state index in [0.29, 0.717) is 35.3 Å². The minimum absolute atomic E-state index is 0.0118. The van der Waals surface area contributed by atoms with Gasteiger partial charge in [-0.15, -0.1) is 0 Å². The third-order valence-electron chi connectivity index (χ3n) is 27.7. The second kappa shape index (κ2) is 30.5. The number of anilines is 2. The van der Waals surface area contributed by atoms with E-state index in [9.17, 15) is 59.1 Å². The zero-order valence-electron chi connectivity index (χ0n) is 64.7. The highest BCUT2D eigenvalue weighted by Gasteiger charge is 2.80. The molecule has 9 aliphatic carbocycles. The van der Waals surface area contributed by atoms with Crippen LogP contribution >= 0.6 is 0 Å². The first kappa shape index (κ1) is 80.6. The number of fused-ring (bicyclic) bond motifs is 15. The third kappa shape index (κ3) is 13.4. The first-order valence-corrected chi connectivity index (χ1v) is 39.4. The number of alkyl carbamates (subject to hydrolysis) is 1. The quantitative estimate of drug-likeness (QED) is 0.0207. The number of hydrogen-bond donors (Lipinski definition) is 9. The molecule has 0 bridgehead atoms. The summed E-state index contributed by atoms with van der Waals surface area (Å²) >= 11 is 0. The van der Waals surface area contributed by atoms with Crippen molar-refractivity contribution >= 4 is 52.4 Å². The van der Waals surface area contributed by atoms with Gasteiger partial charge in [-0.3, -0.25) is 28.8 Å². The van der Waals surface area contributed by atoms with E-state index in [2.05, 4.69) is 16.0 Å². The van der Waals surface area contributed by atoms with E-state index in [4.69, 9.17) is 24.7 Å². The molecule has 0 spiro atoms. The number of amides is 3. The second-order valence-electron chi connectivity index (χ2n) is 34.0. The van der Waals surface area contributed by atoms with Gasteiger partial charge < -0.3 is 66.2 Å². The largest absolute Gasteiger partial charge is 0.449 e. The van der Waals surface area contributed by atoms with Gasteiger partial charge in [-0.2, -0.15) is 0 Å². The molecule has 10 aliphatic rings. The lowest BCUT2D eigenvalue weighted by atomic mass is 9.44. The molecule has 10 N–H and O–H groups in total. The molecule has 1 heterocycles. The van der Waals surface area contributed by atoms with Gasteiger partial charge in [-0.05, 0) is 201 Å². The average Bonchev–Trinajstić information content (AvgIpc) is 1.59. The minimum atomic E-state index is -2.37. The Morgan fingerprint density at radius 2 is 1.17 bits per heavy atom. The molecule has 3 amide bonds. The maximum Gasteiger partial charge on any atom is 0.407 e. The molecule has 7 fully saturated rings. The van der Waals surface area contributed by atoms with Crippen molar-refractivity contribution < 1.29 is 95.6 Å². The number of allylic oxidation sites excluding steroid dienone is 8. The zero-order valence-corrected chi connectivity index (χ0v) is 64.7. The number of ether oxygens (including phenoxy) is 4. The summed E-state index contributed by atoms with van der Waals surface area (Å²) < 4.78 is 91.8. The van der Waals surface area contributed by atoms with Gasteiger partial charge in [0.05, 0.1) is 30.3 Å². The Labute approximate surface area is 663 Å². The van der Waals surface area contributed by atoms with Gasteiger partial charge in [-0.25, -0.2) is 22.4 Å². The number of hydrogen-bond acceptors (Lipinski definition) is 17. The molecular formula is C91H96F4N4O16. The van der Waals surface area contributed by atoms with Gasteiger partial charge in [-0.1, -0.05) is 147 Å². The van der Waals surface area contributed by atoms with Crippen LogP contribution in [0.2, 0.25) is 0 Å². The Morgan fingerprint density at radius 1 is 0.617 bits per heavy atom. The molecule has 24 heteroatoms. The highest BCUT2D eigenvalue weighted by atomic mass is 19.2. The monoisotopic (exact) mass is 1580 g/mol. The van der Waals surface area contributed by atoms with Crippen LogP contribution in [-0.4, -0.2) is 152 Å². The first-order chi connectivity index (χ1) is 54.7. The summed E-state index contributed by atoms with van der Waals surface area (Å²) in [5.74, 6) is -7.61. The summed E-state index contributed by atoms with van der Waals surface area (Å²) in [7, 11) is 0. The molecule has 22 atom stereocenters. The standard InChI is InChI=1S/C56H59F2N3O10.C35H37F2NO6/c1-30(59-50(66)31(2)60-53(69)70-29-41-39-14-7-5-12-37(39)38-13-6-8-15-40(38)41)51(67)61-35-11-9-10-33(23-35)22-32-16-18-34(19-17-32)52(68)71-47-26-42-43-25-45(57)44-24-36(63)20-21-55(44,4)56(43,58)48(65)27-54(42,3)49(47)46(64)28-62;1-32-11-10-23(40)14-26(32)27(36)15-25-24-16-30-35(29(42)18-39,33(24,2)17-28(41)34(25,32)37)44-31(43-30)21-8-6-19(7-9-21)12-20-4-3-5-22(38)13-20/h5-21,23-24,30-31,41-43,45,47-49,52,62,65,68H,22,25-29H2,1-4H3,(H,59,66)(H,60,69)(H,61,67);3-11,13-14,24-25,27-28,30-31,39,41H,12,15-18,38H2,1-2H3/t30-,31-,42-,43-,45-,47+,48-,49-,52-,54-,55-,56-;24-,25-,27-,28-,30+,31+,32-,33-,34-,35+/m00/s1. The number of benzene rings is 6. The molecule has 115 heavy (non-hydrogen) atoms. The molecule has 0 aromatic heterocycles. The second-order valence-corrected chi connectivity index (χ2v) is 34.0. The van der Waals surface area contributed by atoms with Gasteiger partial charge in [0.15, 0.2) is 52.7 Å². The van der Waals surface area contributed by atoms with Crippen LogP contribution in [0.3, 0.4) is 0 Å². The lowest BCUT2D eigenvalue weighted by Crippen LogP contribution is -2.70. The Balaban J connectivity index is 0.000000202. The number of Topliss-reactive ketones (excluding diaryl/α,β-unsaturated/α-hetero) is 2. The Morgan fingerprint density at radius 3 is 1.75 bits per heavy atom. The number of alkyl halides is 4. The number of halogens is 4. The van der Waals surface area contributed by atoms with Crippen LogP contribution in [0.1, 0.15) is 143 Å². The number of nitrogens with two attached hydrogens (primary N) is 1. The van der Waals surface area contributed by atoms with Gasteiger partial charge in [0.1, 0.15) is 44.2 Å². The number of carbonyl (C=O) groups is 7. The number of aliphatic hydroxyl groups excluding tert-OH is 5. The van der Waals surface area contributed by atoms with Crippen molar-refractivity contribution in [2.75, 3.05) is 30.9 Å². The molecule has 6 saturated carbocycles. The lowest BCUT2D eigenvalue weighted by Gasteiger charge is -2.63. The molecule has 1 aliphatic heterocycles. The van der Waals surface area contributed by atoms with Gasteiger partial charge in [0.25, 0.3) is 0 Å². The van der Waals surface area contributed by atoms with Crippen LogP contribution in [-0.2, 0) is 60.6 Å². The summed E-state index contributed by atoms with van der Waals surface area (Å²) in [6.45, 7) is 8.00. The van der Waals surface area contributed by atoms with E-state index in [-0.39, 0.29) is 62.2 Å². The summed E-state index contributed by atoms with van der Waals surface area (Å²) in [6, 6.07) is 43.4. The van der Waals surface area contributed by atoms with Crippen LogP contribution in [0.25, 0.3) is 11.1 Å². The highest BCUT2D eigenvalue weighted by molar-refractivity contribution is 6.02. The molecule has 6 aromatic rings. The normalized spacial score (nSPS) is 34.4. The van der Waals surface area contributed by atoms with E-state index in [0.717, 1.165) is 56.7 Å². The number of carbonyl (C=O) groups excluding carboxylic acids is 7. The van der Waals surface area contributed by atoms with Crippen molar-refractivity contribution in [1.29, 1.82) is 0 Å². The minimum Gasteiger partial charge on any atom is -0.449 e. The summed E-state index contributed by atoms with van der Waals surface area (Å²) in [5, 5.41) is 63.0. The van der Waals surface area contributed by atoms with Gasteiger partial charge in [0.2, 0.25) is 11.8 Å². The lowest BCUT2D eigenvalue weighted by molar-refractivity contribution is -0.235. The predicted molar refractivity (Wildman–Crippen MR) is 417 cm³/mol. The third-order valence-corrected chi connectivity index (χ3v) is 27.7. The predicted octanol–water partition coefficient (Wildman–Crippen LogP) is 11.6. The molecule has 604 valence electrons. The van der Waals surface area contributed by atoms with Crippen molar-refractivity contribution in [2.45, 2.75) is 177 Å². The number of rotatable bonds is 19. The van der Waals surface area contributed by atoms with E-state index >= 15 is 17.6 Å². The maximum atomic E-state index is 17.7. The van der Waals surface area contributed by atoms with Crippen LogP contribution in [0.5, 0.6) is 0 Å². The van der Waals surface area contributed by atoms with Crippen molar-refractivity contribution in [1.82, 2.24) is 10.6 Å². The highest BCUT2D eigenvalue weighted by Crippen LogP contribution is 2.74. The average molecular weight is 1580 g/mol.